The first-order valence-corrected chi connectivity index (χ1v) is 5.04. The molecule has 0 aliphatic heterocycles. The summed E-state index contributed by atoms with van der Waals surface area (Å²) in [6.07, 6.45) is 0.115. The smallest absolute Gasteiger partial charge is 0.0715 e. The standard InChI is InChI=1S/C10H12Cl2O/c1-7-4-8(2-3-10(7)12)5-9(13)6-11/h2-4,9,13H,5-6H2,1H3. The summed E-state index contributed by atoms with van der Waals surface area (Å²) in [7, 11) is 0. The van der Waals surface area contributed by atoms with Gasteiger partial charge in [-0.1, -0.05) is 23.7 Å². The molecule has 0 spiro atoms. The van der Waals surface area contributed by atoms with Crippen LogP contribution < -0.4 is 0 Å². The van der Waals surface area contributed by atoms with Gasteiger partial charge in [0.15, 0.2) is 0 Å². The van der Waals surface area contributed by atoms with Crippen molar-refractivity contribution in [1.29, 1.82) is 0 Å². The molecule has 0 aliphatic rings. The van der Waals surface area contributed by atoms with Gasteiger partial charge in [-0.25, -0.2) is 0 Å². The molecule has 13 heavy (non-hydrogen) atoms. The summed E-state index contributed by atoms with van der Waals surface area (Å²) in [5, 5.41) is 10.1. The summed E-state index contributed by atoms with van der Waals surface area (Å²) in [5.74, 6) is 0.266. The van der Waals surface area contributed by atoms with Crippen molar-refractivity contribution in [3.8, 4) is 0 Å². The molecule has 0 bridgehead atoms. The predicted octanol–water partition coefficient (Wildman–Crippen LogP) is 2.79. The zero-order valence-corrected chi connectivity index (χ0v) is 8.94. The number of halogens is 2. The fourth-order valence-corrected chi connectivity index (χ4v) is 1.39. The molecule has 72 valence electrons. The lowest BCUT2D eigenvalue weighted by molar-refractivity contribution is 0.199. The van der Waals surface area contributed by atoms with Gasteiger partial charge in [-0.15, -0.1) is 11.6 Å². The highest BCUT2D eigenvalue weighted by Crippen LogP contribution is 2.17. The average molecular weight is 219 g/mol. The Labute approximate surface area is 88.3 Å². The predicted molar refractivity (Wildman–Crippen MR) is 56.6 cm³/mol. The molecule has 0 heterocycles. The van der Waals surface area contributed by atoms with Gasteiger partial charge in [0.2, 0.25) is 0 Å². The van der Waals surface area contributed by atoms with E-state index in [-0.39, 0.29) is 5.88 Å². The third-order valence-electron chi connectivity index (χ3n) is 1.87. The summed E-state index contributed by atoms with van der Waals surface area (Å²) in [6.45, 7) is 1.94. The molecule has 0 aromatic heterocycles. The Kier molecular flexibility index (Phi) is 4.04. The maximum atomic E-state index is 9.31. The van der Waals surface area contributed by atoms with Gasteiger partial charge in [0.25, 0.3) is 0 Å². The minimum Gasteiger partial charge on any atom is -0.392 e. The molecule has 0 amide bonds. The molecule has 1 unspecified atom stereocenters. The van der Waals surface area contributed by atoms with Crippen LogP contribution in [0.1, 0.15) is 11.1 Å². The largest absolute Gasteiger partial charge is 0.392 e. The van der Waals surface area contributed by atoms with Crippen LogP contribution in [0.25, 0.3) is 0 Å². The number of hydrogen-bond donors (Lipinski definition) is 1. The highest BCUT2D eigenvalue weighted by atomic mass is 35.5. The fraction of sp³-hybridized carbons (Fsp3) is 0.400. The third kappa shape index (κ3) is 3.18. The molecule has 0 aliphatic carbocycles. The number of rotatable bonds is 3. The lowest BCUT2D eigenvalue weighted by Crippen LogP contribution is -2.11. The molecule has 1 nitrogen and oxygen atoms in total. The second-order valence-electron chi connectivity index (χ2n) is 3.10. The number of hydrogen-bond acceptors (Lipinski definition) is 1. The van der Waals surface area contributed by atoms with Gasteiger partial charge in [-0.05, 0) is 30.5 Å². The minimum atomic E-state index is -0.470. The first kappa shape index (κ1) is 10.8. The molecular formula is C10H12Cl2O. The van der Waals surface area contributed by atoms with Crippen molar-refractivity contribution in [2.45, 2.75) is 19.4 Å². The van der Waals surface area contributed by atoms with Crippen LogP contribution >= 0.6 is 23.2 Å². The Balaban J connectivity index is 2.73. The van der Waals surface area contributed by atoms with Crippen molar-refractivity contribution in [3.05, 3.63) is 34.3 Å². The number of aryl methyl sites for hydroxylation is 1. The van der Waals surface area contributed by atoms with Crippen molar-refractivity contribution >= 4 is 23.2 Å². The SMILES string of the molecule is Cc1cc(CC(O)CCl)ccc1Cl. The molecule has 3 heteroatoms. The van der Waals surface area contributed by atoms with Crippen LogP contribution in [0.15, 0.2) is 18.2 Å². The molecule has 1 rings (SSSR count). The first-order chi connectivity index (χ1) is 6.13. The monoisotopic (exact) mass is 218 g/mol. The Morgan fingerprint density at radius 3 is 2.69 bits per heavy atom. The van der Waals surface area contributed by atoms with Gasteiger partial charge < -0.3 is 5.11 Å². The van der Waals surface area contributed by atoms with E-state index in [0.717, 1.165) is 16.1 Å². The highest BCUT2D eigenvalue weighted by molar-refractivity contribution is 6.31. The molecule has 1 aromatic rings. The van der Waals surface area contributed by atoms with E-state index in [4.69, 9.17) is 23.2 Å². The van der Waals surface area contributed by atoms with E-state index in [1.165, 1.54) is 0 Å². The second-order valence-corrected chi connectivity index (χ2v) is 3.81. The van der Waals surface area contributed by atoms with Crippen LogP contribution in [0.4, 0.5) is 0 Å². The van der Waals surface area contributed by atoms with Crippen molar-refractivity contribution < 1.29 is 5.11 Å². The zero-order chi connectivity index (χ0) is 9.84. The minimum absolute atomic E-state index is 0.266. The van der Waals surface area contributed by atoms with E-state index >= 15 is 0 Å². The van der Waals surface area contributed by atoms with Crippen molar-refractivity contribution in [3.63, 3.8) is 0 Å². The van der Waals surface area contributed by atoms with Gasteiger partial charge in [0, 0.05) is 10.9 Å². The summed E-state index contributed by atoms with van der Waals surface area (Å²) in [6, 6.07) is 5.72. The Morgan fingerprint density at radius 2 is 2.15 bits per heavy atom. The maximum Gasteiger partial charge on any atom is 0.0715 e. The Bertz CT molecular complexity index is 286. The molecule has 1 aromatic carbocycles. The van der Waals surface area contributed by atoms with Gasteiger partial charge in [0.05, 0.1) is 6.10 Å². The molecular weight excluding hydrogens is 207 g/mol. The van der Waals surface area contributed by atoms with Crippen molar-refractivity contribution in [2.75, 3.05) is 5.88 Å². The fourth-order valence-electron chi connectivity index (χ4n) is 1.16. The zero-order valence-electron chi connectivity index (χ0n) is 7.43. The van der Waals surface area contributed by atoms with Crippen LogP contribution in [-0.2, 0) is 6.42 Å². The molecule has 0 fully saturated rings. The Morgan fingerprint density at radius 1 is 1.46 bits per heavy atom. The summed E-state index contributed by atoms with van der Waals surface area (Å²) >= 11 is 11.4. The van der Waals surface area contributed by atoms with Crippen LogP contribution in [0.2, 0.25) is 5.02 Å². The maximum absolute atomic E-state index is 9.31. The topological polar surface area (TPSA) is 20.2 Å². The number of aliphatic hydroxyl groups excluding tert-OH is 1. The van der Waals surface area contributed by atoms with Crippen LogP contribution in [0, 0.1) is 6.92 Å². The van der Waals surface area contributed by atoms with Gasteiger partial charge in [-0.3, -0.25) is 0 Å². The van der Waals surface area contributed by atoms with Gasteiger partial charge >= 0.3 is 0 Å². The second kappa shape index (κ2) is 4.85. The van der Waals surface area contributed by atoms with E-state index in [1.807, 2.05) is 25.1 Å². The third-order valence-corrected chi connectivity index (χ3v) is 2.65. The van der Waals surface area contributed by atoms with Gasteiger partial charge in [-0.2, -0.15) is 0 Å². The van der Waals surface area contributed by atoms with E-state index in [1.54, 1.807) is 0 Å². The lowest BCUT2D eigenvalue weighted by Gasteiger charge is -2.07. The quantitative estimate of drug-likeness (QED) is 0.775. The normalized spacial score (nSPS) is 12.9. The number of benzene rings is 1. The van der Waals surface area contributed by atoms with Gasteiger partial charge in [0.1, 0.15) is 0 Å². The lowest BCUT2D eigenvalue weighted by atomic mass is 10.1. The van der Waals surface area contributed by atoms with E-state index in [2.05, 4.69) is 0 Å². The summed E-state index contributed by atoms with van der Waals surface area (Å²) < 4.78 is 0. The van der Waals surface area contributed by atoms with Crippen molar-refractivity contribution in [1.82, 2.24) is 0 Å². The van der Waals surface area contributed by atoms with Crippen LogP contribution in [0.3, 0.4) is 0 Å². The van der Waals surface area contributed by atoms with E-state index in [9.17, 15) is 5.11 Å². The molecule has 1 N–H and O–H groups in total. The Hall–Kier alpha value is -0.240. The molecule has 0 saturated carbocycles. The summed E-state index contributed by atoms with van der Waals surface area (Å²) in [5.41, 5.74) is 2.09. The molecule has 1 atom stereocenters. The van der Waals surface area contributed by atoms with E-state index in [0.29, 0.717) is 6.42 Å². The molecule has 0 radical (unpaired) electrons. The van der Waals surface area contributed by atoms with Crippen LogP contribution in [0.5, 0.6) is 0 Å². The molecule has 0 saturated heterocycles. The summed E-state index contributed by atoms with van der Waals surface area (Å²) in [4.78, 5) is 0. The number of aliphatic hydroxyl groups is 1. The average Bonchev–Trinajstić information content (AvgIpc) is 2.11. The van der Waals surface area contributed by atoms with E-state index < -0.39 is 6.10 Å². The van der Waals surface area contributed by atoms with Crippen LogP contribution in [-0.4, -0.2) is 17.1 Å². The van der Waals surface area contributed by atoms with Crippen molar-refractivity contribution in [2.24, 2.45) is 0 Å². The number of alkyl halides is 1. The highest BCUT2D eigenvalue weighted by Gasteiger charge is 2.04. The first-order valence-electron chi connectivity index (χ1n) is 4.12.